The highest BCUT2D eigenvalue weighted by atomic mass is 127. The van der Waals surface area contributed by atoms with Crippen molar-refractivity contribution < 1.29 is 9.47 Å². The van der Waals surface area contributed by atoms with E-state index in [1.54, 1.807) is 7.11 Å². The highest BCUT2D eigenvalue weighted by Gasteiger charge is 2.36. The molecule has 2 fully saturated rings. The average Bonchev–Trinajstić information content (AvgIpc) is 3.30. The number of rotatable bonds is 5. The first-order chi connectivity index (χ1) is 15.1. The lowest BCUT2D eigenvalue weighted by Gasteiger charge is -2.39. The second kappa shape index (κ2) is 11.4. The van der Waals surface area contributed by atoms with Crippen LogP contribution in [0.5, 0.6) is 5.75 Å². The molecule has 1 N–H and O–H groups in total. The van der Waals surface area contributed by atoms with E-state index in [4.69, 9.17) is 9.47 Å². The molecule has 2 aliphatic rings. The molecular weight excluding hydrogens is 513 g/mol. The Bertz CT molecular complexity index is 894. The number of aliphatic imine (C=N–C) groups is 1. The molecule has 2 heterocycles. The van der Waals surface area contributed by atoms with Crippen LogP contribution in [0.3, 0.4) is 0 Å². The zero-order valence-electron chi connectivity index (χ0n) is 19.5. The van der Waals surface area contributed by atoms with Crippen molar-refractivity contribution in [2.75, 3.05) is 47.0 Å². The molecule has 0 aliphatic carbocycles. The third-order valence-corrected chi connectivity index (χ3v) is 7.04. The predicted octanol–water partition coefficient (Wildman–Crippen LogP) is 4.73. The van der Waals surface area contributed by atoms with Gasteiger partial charge < -0.3 is 19.7 Å². The summed E-state index contributed by atoms with van der Waals surface area (Å²) in [4.78, 5) is 7.04. The van der Waals surface area contributed by atoms with Gasteiger partial charge in [-0.3, -0.25) is 4.99 Å². The van der Waals surface area contributed by atoms with Crippen LogP contribution >= 0.6 is 24.0 Å². The molecule has 0 radical (unpaired) electrons. The zero-order chi connectivity index (χ0) is 21.7. The van der Waals surface area contributed by atoms with Crippen LogP contribution in [0.2, 0.25) is 0 Å². The van der Waals surface area contributed by atoms with Gasteiger partial charge in [0.25, 0.3) is 0 Å². The standard InChI is InChI=1S/C26H35N3O2.HI/c1-20-6-4-5-7-24(20)26(13-16-31-17-14-26)19-28-25(27-2)29-15-12-22(18-29)21-8-10-23(30-3)11-9-21;/h4-11,22H,12-19H2,1-3H3,(H,27,28);1H. The monoisotopic (exact) mass is 549 g/mol. The molecule has 4 rings (SSSR count). The van der Waals surface area contributed by atoms with E-state index in [9.17, 15) is 0 Å². The lowest BCUT2D eigenvalue weighted by atomic mass is 9.72. The number of hydrogen-bond donors (Lipinski definition) is 1. The molecule has 174 valence electrons. The summed E-state index contributed by atoms with van der Waals surface area (Å²) in [5, 5.41) is 3.74. The minimum absolute atomic E-state index is 0. The normalized spacial score (nSPS) is 20.5. The Morgan fingerprint density at radius 2 is 1.88 bits per heavy atom. The Morgan fingerprint density at radius 3 is 2.53 bits per heavy atom. The molecule has 0 spiro atoms. The summed E-state index contributed by atoms with van der Waals surface area (Å²) in [5.74, 6) is 2.45. The predicted molar refractivity (Wildman–Crippen MR) is 142 cm³/mol. The van der Waals surface area contributed by atoms with E-state index in [0.717, 1.165) is 63.8 Å². The van der Waals surface area contributed by atoms with Gasteiger partial charge in [0.1, 0.15) is 5.75 Å². The Kier molecular flexibility index (Phi) is 8.82. The highest BCUT2D eigenvalue weighted by molar-refractivity contribution is 14.0. The number of halogens is 1. The first kappa shape index (κ1) is 24.8. The number of nitrogens with one attached hydrogen (secondary N) is 1. The van der Waals surface area contributed by atoms with E-state index >= 15 is 0 Å². The number of hydrogen-bond acceptors (Lipinski definition) is 3. The molecule has 2 aromatic rings. The van der Waals surface area contributed by atoms with Crippen LogP contribution in [-0.4, -0.2) is 57.9 Å². The summed E-state index contributed by atoms with van der Waals surface area (Å²) in [6.07, 6.45) is 3.22. The number of likely N-dealkylation sites (tertiary alicyclic amines) is 1. The Labute approximate surface area is 209 Å². The maximum absolute atomic E-state index is 5.72. The topological polar surface area (TPSA) is 46.1 Å². The molecule has 2 saturated heterocycles. The van der Waals surface area contributed by atoms with Gasteiger partial charge in [0.15, 0.2) is 5.96 Å². The minimum atomic E-state index is 0. The van der Waals surface area contributed by atoms with Gasteiger partial charge in [-0.15, -0.1) is 24.0 Å². The van der Waals surface area contributed by atoms with Crippen LogP contribution in [0.1, 0.15) is 41.9 Å². The van der Waals surface area contributed by atoms with Crippen LogP contribution < -0.4 is 10.1 Å². The van der Waals surface area contributed by atoms with Crippen molar-refractivity contribution in [1.82, 2.24) is 10.2 Å². The van der Waals surface area contributed by atoms with Gasteiger partial charge >= 0.3 is 0 Å². The van der Waals surface area contributed by atoms with E-state index < -0.39 is 0 Å². The highest BCUT2D eigenvalue weighted by Crippen LogP contribution is 2.36. The smallest absolute Gasteiger partial charge is 0.193 e. The van der Waals surface area contributed by atoms with Crippen LogP contribution in [0.4, 0.5) is 0 Å². The minimum Gasteiger partial charge on any atom is -0.497 e. The Hall–Kier alpha value is -1.80. The fourth-order valence-corrected chi connectivity index (χ4v) is 5.15. The van der Waals surface area contributed by atoms with Gasteiger partial charge in [0.05, 0.1) is 7.11 Å². The summed E-state index contributed by atoms with van der Waals surface area (Å²) in [7, 11) is 3.61. The molecular formula is C26H36IN3O2. The number of nitrogens with zero attached hydrogens (tertiary/aromatic N) is 2. The lowest BCUT2D eigenvalue weighted by Crippen LogP contribution is -2.49. The van der Waals surface area contributed by atoms with Crippen LogP contribution in [0.15, 0.2) is 53.5 Å². The third-order valence-electron chi connectivity index (χ3n) is 7.04. The first-order valence-electron chi connectivity index (χ1n) is 11.4. The Balaban J connectivity index is 0.00000289. The van der Waals surface area contributed by atoms with E-state index in [-0.39, 0.29) is 29.4 Å². The van der Waals surface area contributed by atoms with Crippen molar-refractivity contribution in [3.63, 3.8) is 0 Å². The number of methoxy groups -OCH3 is 1. The molecule has 0 saturated carbocycles. The van der Waals surface area contributed by atoms with Crippen molar-refractivity contribution in [2.45, 2.75) is 37.5 Å². The second-order valence-corrected chi connectivity index (χ2v) is 8.81. The van der Waals surface area contributed by atoms with Crippen LogP contribution in [0, 0.1) is 6.92 Å². The fraction of sp³-hybridized carbons (Fsp3) is 0.500. The van der Waals surface area contributed by atoms with Crippen molar-refractivity contribution in [3.05, 3.63) is 65.2 Å². The molecule has 32 heavy (non-hydrogen) atoms. The van der Waals surface area contributed by atoms with E-state index in [1.807, 2.05) is 7.05 Å². The number of benzene rings is 2. The molecule has 2 aliphatic heterocycles. The molecule has 5 nitrogen and oxygen atoms in total. The molecule has 0 bridgehead atoms. The summed E-state index contributed by atoms with van der Waals surface area (Å²) >= 11 is 0. The molecule has 0 amide bonds. The average molecular weight is 549 g/mol. The summed E-state index contributed by atoms with van der Waals surface area (Å²) in [6, 6.07) is 17.3. The van der Waals surface area contributed by atoms with E-state index in [1.165, 1.54) is 16.7 Å². The quantitative estimate of drug-likeness (QED) is 0.333. The number of ether oxygens (including phenoxy) is 2. The summed E-state index contributed by atoms with van der Waals surface area (Å²) in [6.45, 7) is 6.76. The SMILES string of the molecule is CN=C(NCC1(c2ccccc2C)CCOCC1)N1CCC(c2ccc(OC)cc2)C1.I. The number of aryl methyl sites for hydroxylation is 1. The maximum Gasteiger partial charge on any atom is 0.193 e. The van der Waals surface area contributed by atoms with Gasteiger partial charge in [-0.05, 0) is 55.0 Å². The zero-order valence-corrected chi connectivity index (χ0v) is 21.8. The van der Waals surface area contributed by atoms with Crippen LogP contribution in [-0.2, 0) is 10.2 Å². The van der Waals surface area contributed by atoms with Gasteiger partial charge in [0.2, 0.25) is 0 Å². The fourth-order valence-electron chi connectivity index (χ4n) is 5.15. The van der Waals surface area contributed by atoms with Gasteiger partial charge in [0, 0.05) is 51.2 Å². The van der Waals surface area contributed by atoms with Gasteiger partial charge in [-0.1, -0.05) is 36.4 Å². The van der Waals surface area contributed by atoms with Crippen molar-refractivity contribution in [1.29, 1.82) is 0 Å². The van der Waals surface area contributed by atoms with Gasteiger partial charge in [-0.2, -0.15) is 0 Å². The maximum atomic E-state index is 5.72. The van der Waals surface area contributed by atoms with Crippen molar-refractivity contribution >= 4 is 29.9 Å². The van der Waals surface area contributed by atoms with Crippen molar-refractivity contribution in [3.8, 4) is 5.75 Å². The van der Waals surface area contributed by atoms with E-state index in [0.29, 0.717) is 5.92 Å². The van der Waals surface area contributed by atoms with Crippen molar-refractivity contribution in [2.24, 2.45) is 4.99 Å². The van der Waals surface area contributed by atoms with Crippen LogP contribution in [0.25, 0.3) is 0 Å². The molecule has 2 aromatic carbocycles. The number of guanidine groups is 1. The Morgan fingerprint density at radius 1 is 1.16 bits per heavy atom. The molecule has 1 atom stereocenters. The first-order valence-corrected chi connectivity index (χ1v) is 11.4. The summed E-state index contributed by atoms with van der Waals surface area (Å²) in [5.41, 5.74) is 4.27. The van der Waals surface area contributed by atoms with E-state index in [2.05, 4.69) is 70.7 Å². The largest absolute Gasteiger partial charge is 0.497 e. The lowest BCUT2D eigenvalue weighted by molar-refractivity contribution is 0.0510. The molecule has 0 aromatic heterocycles. The summed E-state index contributed by atoms with van der Waals surface area (Å²) < 4.78 is 11.0. The van der Waals surface area contributed by atoms with Gasteiger partial charge in [-0.25, -0.2) is 0 Å². The molecule has 1 unspecified atom stereocenters. The second-order valence-electron chi connectivity index (χ2n) is 8.81. The third kappa shape index (κ3) is 5.39. The molecule has 6 heteroatoms.